The van der Waals surface area contributed by atoms with E-state index in [0.717, 1.165) is 96.7 Å². The normalized spacial score (nSPS) is 12.0. The third kappa shape index (κ3) is 23.5. The van der Waals surface area contributed by atoms with E-state index >= 15 is 0 Å². The number of halogens is 2. The average molecular weight is 1200 g/mol. The predicted octanol–water partition coefficient (Wildman–Crippen LogP) is 19.1. The van der Waals surface area contributed by atoms with Crippen molar-refractivity contribution in [2.24, 2.45) is 0 Å². The van der Waals surface area contributed by atoms with Gasteiger partial charge in [-0.05, 0) is 135 Å². The molecule has 1 aliphatic rings. The molecule has 0 aliphatic carbocycles. The van der Waals surface area contributed by atoms with Crippen LogP contribution < -0.4 is 19.3 Å². The Labute approximate surface area is 492 Å². The van der Waals surface area contributed by atoms with Crippen LogP contribution in [0, 0.1) is 62.2 Å². The Morgan fingerprint density at radius 2 is 1.01 bits per heavy atom. The van der Waals surface area contributed by atoms with Crippen molar-refractivity contribution < 1.29 is 36.9 Å². The molecular weight excluding hydrogens is 1110 g/mol. The van der Waals surface area contributed by atoms with Crippen LogP contribution in [0.4, 0.5) is 11.4 Å². The molecule has 0 atom stereocenters. The standard InChI is InChI=1S/C21H27N2.2C18H26O2.C12H16O.2ClH.Ru/c1-14-9-16(3)20(17(4)10-14)22-7-8-23(13-22)21-18(5)11-15(2)12-19(21)6;1-6-7-8-9-17(19)13-16-10-11-18(15(4)12-16)20(5)14(2)3;1-5-7-8-9-17(19)13-15-10-11-18(20-14(3)4)16(6-2)12-15;1-5-11-8-10(4)6-7-12(11)13-9(2)3;;;/h9-13H,7-8H2,1-6H3;4,10-12,14H,5-9,13H2,1-3H3;6,10-12,14H,2,5,7-9,13H2,1,3-4H3;5-9H,1H2,2-4H3;2*1H;/q-1;;;;;;+2/p-2. The molecule has 7 nitrogen and oxygen atoms in total. The van der Waals surface area contributed by atoms with E-state index in [-0.39, 0.29) is 24.1 Å². The van der Waals surface area contributed by atoms with Gasteiger partial charge in [0, 0.05) is 48.4 Å². The van der Waals surface area contributed by atoms with Crippen molar-refractivity contribution in [1.82, 2.24) is 0 Å². The summed E-state index contributed by atoms with van der Waals surface area (Å²) >= 11 is -1.95. The number of anilines is 2. The molecule has 1 fully saturated rings. The van der Waals surface area contributed by atoms with Gasteiger partial charge in [0.1, 0.15) is 17.3 Å². The number of unbranched alkanes of at least 4 members (excludes halogenated alkanes) is 4. The molecule has 5 aromatic rings. The second-order valence-electron chi connectivity index (χ2n) is 21.7. The quantitative estimate of drug-likeness (QED) is 0.0281. The molecule has 0 spiro atoms. The Morgan fingerprint density at radius 3 is 1.41 bits per heavy atom. The zero-order valence-corrected chi connectivity index (χ0v) is 53.9. The maximum absolute atomic E-state index is 12.1. The molecule has 0 bridgehead atoms. The molecule has 434 valence electrons. The van der Waals surface area contributed by atoms with Crippen LogP contribution in [0.1, 0.15) is 174 Å². The molecule has 1 heterocycles. The summed E-state index contributed by atoms with van der Waals surface area (Å²) in [5.74, 6) is 3.26. The Balaban J connectivity index is 0.000000282. The molecule has 6 rings (SSSR count). The molecule has 0 radical (unpaired) electrons. The number of aryl methyl sites for hydroxylation is 7. The summed E-state index contributed by atoms with van der Waals surface area (Å²) in [4.78, 5) is 28.8. The summed E-state index contributed by atoms with van der Waals surface area (Å²) in [5, 5.41) is 0. The molecule has 10 heteroatoms. The van der Waals surface area contributed by atoms with Crippen LogP contribution in [0.3, 0.4) is 0 Å². The number of carbonyl (C=O) groups is 2. The molecule has 1 aliphatic heterocycles. The molecule has 5 aromatic carbocycles. The van der Waals surface area contributed by atoms with Crippen LogP contribution in [0.2, 0.25) is 0 Å². The van der Waals surface area contributed by atoms with Gasteiger partial charge in [0.05, 0.1) is 12.2 Å². The van der Waals surface area contributed by atoms with Gasteiger partial charge in [-0.25, -0.2) is 0 Å². The number of rotatable bonds is 23. The zero-order valence-electron chi connectivity index (χ0n) is 50.7. The van der Waals surface area contributed by atoms with Crippen molar-refractivity contribution in [3.8, 4) is 17.2 Å². The molecule has 1 saturated heterocycles. The van der Waals surface area contributed by atoms with E-state index in [1.165, 1.54) is 50.3 Å². The Morgan fingerprint density at radius 1 is 0.608 bits per heavy atom. The first kappa shape index (κ1) is 68.3. The number of nitrogens with zero attached hydrogens (tertiary/aromatic N) is 2. The third-order valence-electron chi connectivity index (χ3n) is 13.1. The molecule has 0 N–H and O–H groups in total. The Bertz CT molecular complexity index is 2680. The van der Waals surface area contributed by atoms with E-state index < -0.39 is 13.5 Å². The molecule has 0 saturated carbocycles. The SMILES string of the molecule is C=Cc1cc(C)ccc1OC(C)C.C=Cc1cc(CC(=O)CCCCC)ccc1OC(C)C.Cc1cc(C)c(N2[CH-]N(c3c(C)cc(C)cc3C)CC2)c(C)c1.[CH2-][O+](c1ccc(CC(=O)CCCCC)cc1[CH]=[Ru]([Cl])[Cl])C(C)C. The zero-order chi connectivity index (χ0) is 58.9. The number of Topliss-reactive ketones (excluding diaryl/α,β-unsaturated/α-hetero) is 2. The molecule has 79 heavy (non-hydrogen) atoms. The van der Waals surface area contributed by atoms with E-state index in [4.69, 9.17) is 28.9 Å². The fourth-order valence-corrected chi connectivity index (χ4v) is 11.4. The maximum atomic E-state index is 12.1. The van der Waals surface area contributed by atoms with Gasteiger partial charge in [0.25, 0.3) is 0 Å². The molecule has 0 amide bonds. The van der Waals surface area contributed by atoms with Gasteiger partial charge in [0.2, 0.25) is 0 Å². The number of carbonyl (C=O) groups excluding carboxylic acids is 2. The minimum atomic E-state index is -1.95. The van der Waals surface area contributed by atoms with Crippen LogP contribution in [0.25, 0.3) is 12.2 Å². The number of hydrogen-bond donors (Lipinski definition) is 0. The van der Waals surface area contributed by atoms with E-state index in [1.807, 2.05) is 101 Å². The van der Waals surface area contributed by atoms with Gasteiger partial charge in [-0.1, -0.05) is 98.2 Å². The van der Waals surface area contributed by atoms with Gasteiger partial charge in [0.15, 0.2) is 0 Å². The van der Waals surface area contributed by atoms with Gasteiger partial charge in [-0.2, -0.15) is 6.67 Å². The first-order valence-electron chi connectivity index (χ1n) is 28.3. The molecule has 0 unspecified atom stereocenters. The first-order valence-corrected chi connectivity index (χ1v) is 33.8. The topological polar surface area (TPSA) is 61.8 Å². The third-order valence-corrected chi connectivity index (χ3v) is 15.0. The summed E-state index contributed by atoms with van der Waals surface area (Å²) in [6.45, 7) is 43.6. The van der Waals surface area contributed by atoms with Crippen LogP contribution in [0.15, 0.2) is 92.0 Å². The fraction of sp³-hybridized carbons (Fsp3) is 0.435. The second-order valence-corrected chi connectivity index (χ2v) is 27.4. The van der Waals surface area contributed by atoms with E-state index in [9.17, 15) is 9.59 Å². The monoisotopic (exact) mass is 1200 g/mol. The van der Waals surface area contributed by atoms with Crippen molar-refractivity contribution in [2.75, 3.05) is 22.9 Å². The van der Waals surface area contributed by atoms with Gasteiger partial charge >= 0.3 is 154 Å². The van der Waals surface area contributed by atoms with Crippen LogP contribution >= 0.6 is 19.4 Å². The minimum absolute atomic E-state index is 0.134. The molecule has 0 aromatic heterocycles. The van der Waals surface area contributed by atoms with Crippen molar-refractivity contribution >= 4 is 59.1 Å². The van der Waals surface area contributed by atoms with Crippen molar-refractivity contribution in [2.45, 2.75) is 186 Å². The number of hydrogen-bond acceptors (Lipinski definition) is 6. The van der Waals surface area contributed by atoms with Gasteiger partial charge in [-0.15, -0.1) is 0 Å². The van der Waals surface area contributed by atoms with Crippen molar-refractivity contribution in [3.05, 3.63) is 173 Å². The van der Waals surface area contributed by atoms with Crippen LogP contribution in [-0.2, 0) is 40.3 Å². The summed E-state index contributed by atoms with van der Waals surface area (Å²) in [5.41, 5.74) is 17.1. The van der Waals surface area contributed by atoms with Crippen LogP contribution in [0.5, 0.6) is 17.2 Å². The first-order chi connectivity index (χ1) is 37.4. The number of ketones is 2. The summed E-state index contributed by atoms with van der Waals surface area (Å²) in [6.07, 6.45) is 12.9. The Hall–Kier alpha value is -5.01. The number of ether oxygens (including phenoxy) is 2. The average Bonchev–Trinajstić information content (AvgIpc) is 3.83. The number of benzene rings is 5. The Kier molecular flexibility index (Phi) is 30.2. The summed E-state index contributed by atoms with van der Waals surface area (Å²) in [6, 6.07) is 27.1. The van der Waals surface area contributed by atoms with E-state index in [2.05, 4.69) is 134 Å². The van der Waals surface area contributed by atoms with Crippen molar-refractivity contribution in [1.29, 1.82) is 0 Å². The fourth-order valence-electron chi connectivity index (χ4n) is 9.65. The molecular formula is C69H95Cl2N2O5Ru-. The summed E-state index contributed by atoms with van der Waals surface area (Å²) in [7, 11) is 16.1. The van der Waals surface area contributed by atoms with E-state index in [1.54, 1.807) is 6.08 Å². The summed E-state index contributed by atoms with van der Waals surface area (Å²) < 4.78 is 16.1. The van der Waals surface area contributed by atoms with Gasteiger partial charge < -0.3 is 19.3 Å². The van der Waals surface area contributed by atoms with E-state index in [0.29, 0.717) is 31.5 Å². The predicted molar refractivity (Wildman–Crippen MR) is 340 cm³/mol. The van der Waals surface area contributed by atoms with Crippen molar-refractivity contribution in [3.63, 3.8) is 0 Å². The van der Waals surface area contributed by atoms with Crippen LogP contribution in [-0.4, -0.2) is 47.6 Å². The second kappa shape index (κ2) is 35.0. The van der Waals surface area contributed by atoms with Gasteiger partial charge in [-0.3, -0.25) is 4.79 Å².